The molecule has 0 unspecified atom stereocenters. The van der Waals surface area contributed by atoms with Crippen LogP contribution in [0.25, 0.3) is 0 Å². The fourth-order valence-corrected chi connectivity index (χ4v) is 1.22. The molecule has 0 saturated carbocycles. The Morgan fingerprint density at radius 2 is 2.29 bits per heavy atom. The van der Waals surface area contributed by atoms with Crippen LogP contribution in [0.4, 0.5) is 0 Å². The van der Waals surface area contributed by atoms with Crippen LogP contribution in [-0.4, -0.2) is 5.48 Å². The van der Waals surface area contributed by atoms with Gasteiger partial charge < -0.3 is 5.48 Å². The first-order valence-electron chi connectivity index (χ1n) is 1.75. The molecule has 35 valence electrons. The van der Waals surface area contributed by atoms with Gasteiger partial charge in [0.15, 0.2) is 0 Å². The number of hydrogen-bond acceptors (Lipinski definition) is 1. The van der Waals surface area contributed by atoms with Crippen molar-refractivity contribution in [3.8, 4) is 0 Å². The van der Waals surface area contributed by atoms with Crippen molar-refractivity contribution in [1.82, 2.24) is 0 Å². The summed E-state index contributed by atoms with van der Waals surface area (Å²) in [4.78, 5) is 0. The van der Waals surface area contributed by atoms with E-state index in [4.69, 9.17) is 4.42 Å². The van der Waals surface area contributed by atoms with E-state index >= 15 is 0 Å². The van der Waals surface area contributed by atoms with Crippen LogP contribution in [0.3, 0.4) is 0 Å². The van der Waals surface area contributed by atoms with Crippen molar-refractivity contribution in [2.45, 2.75) is 0 Å². The van der Waals surface area contributed by atoms with Crippen molar-refractivity contribution < 1.29 is 36.0 Å². The van der Waals surface area contributed by atoms with Crippen LogP contribution < -0.4 is 3.27 Å². The van der Waals surface area contributed by atoms with Gasteiger partial charge in [0.05, 0.1) is 0 Å². The molecule has 0 spiro atoms. The van der Waals surface area contributed by atoms with E-state index in [1.54, 1.807) is 6.26 Å². The molecule has 0 fully saturated rings. The minimum absolute atomic E-state index is 0. The average Bonchev–Trinajstić information content (AvgIpc) is 1.86. The van der Waals surface area contributed by atoms with E-state index < -0.39 is 0 Å². The molecule has 0 atom stereocenters. The molecule has 0 bridgehead atoms. The van der Waals surface area contributed by atoms with Crippen LogP contribution in [0.5, 0.6) is 0 Å². The molecule has 0 saturated heterocycles. The van der Waals surface area contributed by atoms with Crippen LogP contribution in [0, 0.1) is 0 Å². The van der Waals surface area contributed by atoms with E-state index in [9.17, 15) is 0 Å². The third-order valence-electron chi connectivity index (χ3n) is 0.580. The Kier molecular flexibility index (Phi) is 3.29. The van der Waals surface area contributed by atoms with Crippen LogP contribution in [0.15, 0.2) is 22.8 Å². The molecular formula is C4H5HgO2. The Labute approximate surface area is 57.8 Å². The van der Waals surface area contributed by atoms with Crippen LogP contribution >= 0.6 is 0 Å². The third kappa shape index (κ3) is 2.09. The summed E-state index contributed by atoms with van der Waals surface area (Å²) < 4.78 is 6.08. The normalized spacial score (nSPS) is 7.71. The molecular weight excluding hydrogens is 281 g/mol. The minimum atomic E-state index is 0. The predicted molar refractivity (Wildman–Crippen MR) is 22.0 cm³/mol. The first-order chi connectivity index (χ1) is 2.89. The summed E-state index contributed by atoms with van der Waals surface area (Å²) >= 11 is 0.674. The molecule has 0 aliphatic heterocycles. The fraction of sp³-hybridized carbons (Fsp3) is 0. The Balaban J connectivity index is 0.000000360. The van der Waals surface area contributed by atoms with E-state index in [1.165, 1.54) is 0 Å². The molecule has 2 N–H and O–H groups in total. The van der Waals surface area contributed by atoms with Gasteiger partial charge in [-0.3, -0.25) is 0 Å². The Morgan fingerprint density at radius 1 is 1.57 bits per heavy atom. The van der Waals surface area contributed by atoms with Crippen LogP contribution in [-0.2, 0) is 26.1 Å². The molecule has 0 aromatic carbocycles. The van der Waals surface area contributed by atoms with Gasteiger partial charge in [0.1, 0.15) is 0 Å². The zero-order chi connectivity index (χ0) is 4.41. The SMILES string of the molecule is O.[Hg][c]1ccco1. The summed E-state index contributed by atoms with van der Waals surface area (Å²) in [6.07, 6.45) is 1.71. The van der Waals surface area contributed by atoms with Gasteiger partial charge in [0.25, 0.3) is 0 Å². The first kappa shape index (κ1) is 7.18. The predicted octanol–water partition coefficient (Wildman–Crippen LogP) is -0.373. The van der Waals surface area contributed by atoms with Gasteiger partial charge in [0, 0.05) is 0 Å². The van der Waals surface area contributed by atoms with Crippen LogP contribution in [0.1, 0.15) is 0 Å². The van der Waals surface area contributed by atoms with E-state index in [0.29, 0.717) is 26.1 Å². The molecule has 1 aromatic rings. The van der Waals surface area contributed by atoms with Gasteiger partial charge in [-0.05, 0) is 0 Å². The van der Waals surface area contributed by atoms with Crippen molar-refractivity contribution in [3.63, 3.8) is 0 Å². The quantitative estimate of drug-likeness (QED) is 0.600. The number of rotatable bonds is 0. The molecule has 1 aromatic heterocycles. The second kappa shape index (κ2) is 3.21. The van der Waals surface area contributed by atoms with Gasteiger partial charge in [0.2, 0.25) is 0 Å². The summed E-state index contributed by atoms with van der Waals surface area (Å²) in [5.41, 5.74) is 0. The molecule has 0 aliphatic rings. The van der Waals surface area contributed by atoms with E-state index in [-0.39, 0.29) is 5.48 Å². The van der Waals surface area contributed by atoms with Gasteiger partial charge in [-0.15, -0.1) is 0 Å². The van der Waals surface area contributed by atoms with Crippen molar-refractivity contribution >= 4 is 3.27 Å². The summed E-state index contributed by atoms with van der Waals surface area (Å²) in [5, 5.41) is 0. The molecule has 1 heterocycles. The summed E-state index contributed by atoms with van der Waals surface area (Å²) in [6.45, 7) is 0. The van der Waals surface area contributed by atoms with Crippen molar-refractivity contribution in [2.75, 3.05) is 0 Å². The van der Waals surface area contributed by atoms with E-state index in [0.717, 1.165) is 3.27 Å². The molecule has 2 nitrogen and oxygen atoms in total. The topological polar surface area (TPSA) is 44.6 Å². The van der Waals surface area contributed by atoms with E-state index in [2.05, 4.69) is 0 Å². The monoisotopic (exact) mass is 287 g/mol. The van der Waals surface area contributed by atoms with Gasteiger partial charge in [-0.25, -0.2) is 0 Å². The molecule has 0 amide bonds. The zero-order valence-corrected chi connectivity index (χ0v) is 9.35. The number of furan rings is 1. The van der Waals surface area contributed by atoms with Crippen molar-refractivity contribution in [2.24, 2.45) is 0 Å². The van der Waals surface area contributed by atoms with E-state index in [1.807, 2.05) is 12.1 Å². The average molecular weight is 286 g/mol. The summed E-state index contributed by atoms with van der Waals surface area (Å²) in [5.74, 6) is 0. The van der Waals surface area contributed by atoms with Crippen molar-refractivity contribution in [1.29, 1.82) is 0 Å². The second-order valence-electron chi connectivity index (χ2n) is 1.08. The molecule has 3 heteroatoms. The van der Waals surface area contributed by atoms with Crippen molar-refractivity contribution in [3.05, 3.63) is 18.4 Å². The molecule has 7 heavy (non-hydrogen) atoms. The Hall–Kier alpha value is 0.175. The van der Waals surface area contributed by atoms with Gasteiger partial charge in [-0.1, -0.05) is 0 Å². The fourth-order valence-electron chi connectivity index (χ4n) is 0.313. The molecule has 0 radical (unpaired) electrons. The second-order valence-corrected chi connectivity index (χ2v) is 3.79. The van der Waals surface area contributed by atoms with Gasteiger partial charge >= 0.3 is 52.2 Å². The zero-order valence-electron chi connectivity index (χ0n) is 3.85. The number of hydrogen-bond donors (Lipinski definition) is 0. The summed E-state index contributed by atoms with van der Waals surface area (Å²) in [6, 6.07) is 3.92. The Bertz CT molecular complexity index is 113. The standard InChI is InChI=1S/C4H3O.Hg.H2O/c1-2-4-5-3-1;;/h1-3H;;1H2. The maximum atomic E-state index is 4.92. The third-order valence-corrected chi connectivity index (χ3v) is 2.14. The van der Waals surface area contributed by atoms with Crippen LogP contribution in [0.2, 0.25) is 0 Å². The maximum absolute atomic E-state index is 4.92. The summed E-state index contributed by atoms with van der Waals surface area (Å²) in [7, 11) is 0. The first-order valence-corrected chi connectivity index (χ1v) is 4.50. The molecule has 0 aliphatic carbocycles. The van der Waals surface area contributed by atoms with Gasteiger partial charge in [-0.2, -0.15) is 0 Å². The Morgan fingerprint density at radius 3 is 2.43 bits per heavy atom. The molecule has 1 rings (SSSR count).